The highest BCUT2D eigenvalue weighted by atomic mass is 79.9. The molecule has 0 unspecified atom stereocenters. The molecule has 0 spiro atoms. The molecule has 0 atom stereocenters. The maximum absolute atomic E-state index is 12.7. The van der Waals surface area contributed by atoms with E-state index in [1.165, 1.54) is 4.90 Å². The fraction of sp³-hybridized carbons (Fsp3) is 0.0476. The summed E-state index contributed by atoms with van der Waals surface area (Å²) < 4.78 is 0.964. The van der Waals surface area contributed by atoms with E-state index in [1.807, 2.05) is 72.8 Å². The number of hydrogen-bond donors (Lipinski definition) is 0. The van der Waals surface area contributed by atoms with Gasteiger partial charge in [0.25, 0.3) is 11.1 Å². The number of halogens is 1. The van der Waals surface area contributed by atoms with Crippen molar-refractivity contribution in [1.82, 2.24) is 4.90 Å². The SMILES string of the molecule is O=C1S/C(=C/c2cccc3ccccc23)C(=O)N1Cc1ccc(Br)cc1. The van der Waals surface area contributed by atoms with Crippen molar-refractivity contribution in [2.24, 2.45) is 0 Å². The molecule has 5 heteroatoms. The van der Waals surface area contributed by atoms with Gasteiger partial charge in [-0.15, -0.1) is 0 Å². The predicted octanol–water partition coefficient (Wildman–Crippen LogP) is 5.84. The van der Waals surface area contributed by atoms with Crippen molar-refractivity contribution < 1.29 is 9.59 Å². The molecule has 2 amide bonds. The van der Waals surface area contributed by atoms with E-state index >= 15 is 0 Å². The van der Waals surface area contributed by atoms with Gasteiger partial charge in [-0.25, -0.2) is 0 Å². The molecule has 0 bridgehead atoms. The van der Waals surface area contributed by atoms with E-state index < -0.39 is 0 Å². The van der Waals surface area contributed by atoms with Crippen molar-refractivity contribution in [3.05, 3.63) is 87.2 Å². The third-order valence-electron chi connectivity index (χ3n) is 4.24. The first-order valence-electron chi connectivity index (χ1n) is 8.09. The number of benzene rings is 3. The number of fused-ring (bicyclic) bond motifs is 1. The minimum Gasteiger partial charge on any atom is -0.268 e. The standard InChI is InChI=1S/C21H14BrNO2S/c22-17-10-8-14(9-11-17)13-23-20(24)19(26-21(23)25)12-16-6-3-5-15-4-1-2-7-18(15)16/h1-12H,13H2/b19-12+. The van der Waals surface area contributed by atoms with E-state index in [1.54, 1.807) is 0 Å². The van der Waals surface area contributed by atoms with E-state index in [9.17, 15) is 9.59 Å². The molecule has 3 aromatic carbocycles. The molecule has 0 saturated carbocycles. The number of hydrogen-bond acceptors (Lipinski definition) is 3. The summed E-state index contributed by atoms with van der Waals surface area (Å²) >= 11 is 4.38. The highest BCUT2D eigenvalue weighted by molar-refractivity contribution is 9.10. The van der Waals surface area contributed by atoms with Crippen LogP contribution in [0.15, 0.2) is 76.1 Å². The van der Waals surface area contributed by atoms with Crippen LogP contribution in [0.3, 0.4) is 0 Å². The summed E-state index contributed by atoms with van der Waals surface area (Å²) in [6.07, 6.45) is 1.81. The molecule has 4 rings (SSSR count). The van der Waals surface area contributed by atoms with Crippen molar-refractivity contribution >= 4 is 55.7 Å². The molecule has 0 aliphatic carbocycles. The van der Waals surface area contributed by atoms with Crippen LogP contribution in [0.25, 0.3) is 16.8 Å². The first kappa shape index (κ1) is 17.1. The van der Waals surface area contributed by atoms with E-state index in [2.05, 4.69) is 15.9 Å². The summed E-state index contributed by atoms with van der Waals surface area (Å²) in [4.78, 5) is 26.8. The number of nitrogens with zero attached hydrogens (tertiary/aromatic N) is 1. The molecule has 0 aromatic heterocycles. The Hall–Kier alpha value is -2.37. The van der Waals surface area contributed by atoms with Crippen molar-refractivity contribution in [3.8, 4) is 0 Å². The van der Waals surface area contributed by atoms with Crippen LogP contribution in [-0.4, -0.2) is 16.0 Å². The number of imide groups is 1. The lowest BCUT2D eigenvalue weighted by molar-refractivity contribution is -0.123. The smallest absolute Gasteiger partial charge is 0.268 e. The zero-order chi connectivity index (χ0) is 18.1. The van der Waals surface area contributed by atoms with Gasteiger partial charge < -0.3 is 0 Å². The summed E-state index contributed by atoms with van der Waals surface area (Å²) in [5.74, 6) is -0.240. The largest absolute Gasteiger partial charge is 0.293 e. The lowest BCUT2D eigenvalue weighted by Crippen LogP contribution is -2.27. The lowest BCUT2D eigenvalue weighted by atomic mass is 10.0. The Kier molecular flexibility index (Phi) is 4.66. The second-order valence-corrected chi connectivity index (χ2v) is 7.87. The molecule has 3 nitrogen and oxygen atoms in total. The normalized spacial score (nSPS) is 16.0. The Morgan fingerprint density at radius 2 is 1.65 bits per heavy atom. The van der Waals surface area contributed by atoms with Gasteiger partial charge in [0, 0.05) is 4.47 Å². The van der Waals surface area contributed by atoms with E-state index in [0.29, 0.717) is 4.91 Å². The fourth-order valence-electron chi connectivity index (χ4n) is 2.93. The topological polar surface area (TPSA) is 37.4 Å². The highest BCUT2D eigenvalue weighted by Gasteiger charge is 2.35. The van der Waals surface area contributed by atoms with Gasteiger partial charge >= 0.3 is 0 Å². The molecule has 1 heterocycles. The Balaban J connectivity index is 1.64. The first-order valence-corrected chi connectivity index (χ1v) is 9.70. The van der Waals surface area contributed by atoms with Gasteiger partial charge in [0.1, 0.15) is 0 Å². The Morgan fingerprint density at radius 3 is 2.46 bits per heavy atom. The lowest BCUT2D eigenvalue weighted by Gasteiger charge is -2.12. The van der Waals surface area contributed by atoms with Crippen LogP contribution in [0.5, 0.6) is 0 Å². The van der Waals surface area contributed by atoms with Crippen LogP contribution >= 0.6 is 27.7 Å². The number of rotatable bonds is 3. The van der Waals surface area contributed by atoms with Gasteiger partial charge in [0.05, 0.1) is 11.4 Å². The number of carbonyl (C=O) groups excluding carboxylic acids is 2. The molecule has 0 radical (unpaired) electrons. The third-order valence-corrected chi connectivity index (χ3v) is 5.67. The second kappa shape index (κ2) is 7.09. The summed E-state index contributed by atoms with van der Waals surface area (Å²) in [6.45, 7) is 0.283. The minimum atomic E-state index is -0.240. The van der Waals surface area contributed by atoms with Crippen LogP contribution in [0.2, 0.25) is 0 Å². The average molecular weight is 424 g/mol. The number of amides is 2. The van der Waals surface area contributed by atoms with Crippen LogP contribution in [-0.2, 0) is 11.3 Å². The number of carbonyl (C=O) groups is 2. The summed E-state index contributed by atoms with van der Waals surface area (Å²) in [5, 5.41) is 1.94. The molecule has 0 N–H and O–H groups in total. The van der Waals surface area contributed by atoms with E-state index in [4.69, 9.17) is 0 Å². The maximum Gasteiger partial charge on any atom is 0.293 e. The van der Waals surface area contributed by atoms with Crippen molar-refractivity contribution in [2.75, 3.05) is 0 Å². The van der Waals surface area contributed by atoms with Gasteiger partial charge in [-0.2, -0.15) is 0 Å². The van der Waals surface area contributed by atoms with Crippen LogP contribution in [0.4, 0.5) is 4.79 Å². The van der Waals surface area contributed by atoms with Gasteiger partial charge in [0.2, 0.25) is 0 Å². The third kappa shape index (κ3) is 3.32. The summed E-state index contributed by atoms with van der Waals surface area (Å²) in [5.41, 5.74) is 1.86. The van der Waals surface area contributed by atoms with Crippen molar-refractivity contribution in [3.63, 3.8) is 0 Å². The van der Waals surface area contributed by atoms with Crippen LogP contribution < -0.4 is 0 Å². The van der Waals surface area contributed by atoms with Gasteiger partial charge in [-0.3, -0.25) is 14.5 Å². The molecular weight excluding hydrogens is 410 g/mol. The molecular formula is C21H14BrNO2S. The second-order valence-electron chi connectivity index (χ2n) is 5.96. The molecule has 1 fully saturated rings. The van der Waals surface area contributed by atoms with E-state index in [-0.39, 0.29) is 17.7 Å². The zero-order valence-electron chi connectivity index (χ0n) is 13.7. The van der Waals surface area contributed by atoms with Crippen LogP contribution in [0, 0.1) is 0 Å². The molecule has 26 heavy (non-hydrogen) atoms. The molecule has 3 aromatic rings. The zero-order valence-corrected chi connectivity index (χ0v) is 16.1. The van der Waals surface area contributed by atoms with Gasteiger partial charge in [0.15, 0.2) is 0 Å². The monoisotopic (exact) mass is 423 g/mol. The molecule has 1 saturated heterocycles. The van der Waals surface area contributed by atoms with Crippen molar-refractivity contribution in [1.29, 1.82) is 0 Å². The van der Waals surface area contributed by atoms with Crippen molar-refractivity contribution in [2.45, 2.75) is 6.54 Å². The average Bonchev–Trinajstić information content (AvgIpc) is 2.91. The fourth-order valence-corrected chi connectivity index (χ4v) is 4.02. The summed E-state index contributed by atoms with van der Waals surface area (Å²) in [7, 11) is 0. The Bertz CT molecular complexity index is 1040. The molecule has 1 aliphatic heterocycles. The highest BCUT2D eigenvalue weighted by Crippen LogP contribution is 2.34. The maximum atomic E-state index is 12.7. The van der Waals surface area contributed by atoms with Crippen LogP contribution in [0.1, 0.15) is 11.1 Å². The van der Waals surface area contributed by atoms with Gasteiger partial charge in [-0.1, -0.05) is 70.5 Å². The Labute approximate surface area is 163 Å². The summed E-state index contributed by atoms with van der Waals surface area (Å²) in [6, 6.07) is 21.6. The number of thioether (sulfide) groups is 1. The molecule has 128 valence electrons. The Morgan fingerprint density at radius 1 is 0.923 bits per heavy atom. The minimum absolute atomic E-state index is 0.232. The quantitative estimate of drug-likeness (QED) is 0.496. The molecule has 1 aliphatic rings. The van der Waals surface area contributed by atoms with E-state index in [0.717, 1.165) is 38.1 Å². The predicted molar refractivity (Wildman–Crippen MR) is 110 cm³/mol. The first-order chi connectivity index (χ1) is 12.6. The van der Waals surface area contributed by atoms with Gasteiger partial charge in [-0.05, 0) is 51.9 Å².